The highest BCUT2D eigenvalue weighted by molar-refractivity contribution is 5.94. The SMILES string of the molecule is CCC(=O)c1cc(Oc2ccc(CNC(=O)Nc3ccc(C(=O)OCCN(CC)CC)cc3)cc2)ccn1. The van der Waals surface area contributed by atoms with Crippen molar-refractivity contribution in [2.75, 3.05) is 31.6 Å². The van der Waals surface area contributed by atoms with Crippen LogP contribution in [0.15, 0.2) is 66.9 Å². The third-order valence-corrected chi connectivity index (χ3v) is 5.86. The largest absolute Gasteiger partial charge is 0.461 e. The van der Waals surface area contributed by atoms with E-state index in [4.69, 9.17) is 9.47 Å². The molecule has 1 heterocycles. The van der Waals surface area contributed by atoms with E-state index in [1.54, 1.807) is 61.7 Å². The van der Waals surface area contributed by atoms with Gasteiger partial charge in [-0.3, -0.25) is 9.78 Å². The fourth-order valence-corrected chi connectivity index (χ4v) is 3.56. The Morgan fingerprint density at radius 2 is 1.61 bits per heavy atom. The Kier molecular flexibility index (Phi) is 10.8. The summed E-state index contributed by atoms with van der Waals surface area (Å²) < 4.78 is 11.1. The number of hydrogen-bond donors (Lipinski definition) is 2. The van der Waals surface area contributed by atoms with Crippen LogP contribution in [-0.2, 0) is 11.3 Å². The third kappa shape index (κ3) is 8.70. The van der Waals surface area contributed by atoms with Crippen LogP contribution in [0.5, 0.6) is 11.5 Å². The number of nitrogens with one attached hydrogen (secondary N) is 2. The molecule has 0 aliphatic rings. The first-order valence-electron chi connectivity index (χ1n) is 12.7. The number of rotatable bonds is 13. The zero-order valence-corrected chi connectivity index (χ0v) is 22.0. The molecule has 0 spiro atoms. The number of carbonyl (C=O) groups excluding carboxylic acids is 3. The summed E-state index contributed by atoms with van der Waals surface area (Å²) in [4.78, 5) is 42.6. The summed E-state index contributed by atoms with van der Waals surface area (Å²) in [6.07, 6.45) is 1.92. The van der Waals surface area contributed by atoms with Gasteiger partial charge in [0.25, 0.3) is 0 Å². The highest BCUT2D eigenvalue weighted by Gasteiger charge is 2.10. The van der Waals surface area contributed by atoms with Gasteiger partial charge in [0.2, 0.25) is 0 Å². The maximum Gasteiger partial charge on any atom is 0.338 e. The average molecular weight is 519 g/mol. The number of pyridine rings is 1. The molecule has 0 aliphatic carbocycles. The predicted octanol–water partition coefficient (Wildman–Crippen LogP) is 5.29. The number of amides is 2. The number of nitrogens with zero attached hydrogens (tertiary/aromatic N) is 2. The van der Waals surface area contributed by atoms with Crippen molar-refractivity contribution in [2.45, 2.75) is 33.7 Å². The van der Waals surface area contributed by atoms with Crippen molar-refractivity contribution in [1.82, 2.24) is 15.2 Å². The number of anilines is 1. The molecule has 0 saturated heterocycles. The number of aromatic nitrogens is 1. The van der Waals surface area contributed by atoms with Crippen molar-refractivity contribution in [3.8, 4) is 11.5 Å². The topological polar surface area (TPSA) is 110 Å². The van der Waals surface area contributed by atoms with Crippen molar-refractivity contribution in [1.29, 1.82) is 0 Å². The van der Waals surface area contributed by atoms with Crippen molar-refractivity contribution < 1.29 is 23.9 Å². The highest BCUT2D eigenvalue weighted by Crippen LogP contribution is 2.22. The lowest BCUT2D eigenvalue weighted by Gasteiger charge is -2.17. The molecule has 1 aromatic heterocycles. The van der Waals surface area contributed by atoms with Gasteiger partial charge in [-0.2, -0.15) is 0 Å². The van der Waals surface area contributed by atoms with Crippen LogP contribution in [0, 0.1) is 0 Å². The fraction of sp³-hybridized carbons (Fsp3) is 0.310. The molecule has 38 heavy (non-hydrogen) atoms. The monoisotopic (exact) mass is 518 g/mol. The Morgan fingerprint density at radius 3 is 2.26 bits per heavy atom. The van der Waals surface area contributed by atoms with Gasteiger partial charge in [0.1, 0.15) is 23.8 Å². The van der Waals surface area contributed by atoms with Gasteiger partial charge in [-0.1, -0.05) is 32.9 Å². The van der Waals surface area contributed by atoms with Gasteiger partial charge in [0.15, 0.2) is 5.78 Å². The van der Waals surface area contributed by atoms with E-state index in [0.717, 1.165) is 18.7 Å². The van der Waals surface area contributed by atoms with E-state index in [1.165, 1.54) is 0 Å². The standard InChI is InChI=1S/C29H34N4O5/c1-4-27(34)26-19-25(15-16-30-26)38-24-13-7-21(8-14-24)20-31-29(36)32-23-11-9-22(10-12-23)28(35)37-18-17-33(5-2)6-3/h7-16,19H,4-6,17-18,20H2,1-3H3,(H2,31,32,36). The number of urea groups is 1. The third-order valence-electron chi connectivity index (χ3n) is 5.86. The van der Waals surface area contributed by atoms with E-state index in [2.05, 4.69) is 34.4 Å². The molecule has 3 rings (SSSR count). The molecular weight excluding hydrogens is 484 g/mol. The number of esters is 1. The van der Waals surface area contributed by atoms with Crippen LogP contribution in [0.1, 0.15) is 53.6 Å². The Morgan fingerprint density at radius 1 is 0.895 bits per heavy atom. The second kappa shape index (κ2) is 14.5. The molecule has 9 nitrogen and oxygen atoms in total. The van der Waals surface area contributed by atoms with Gasteiger partial charge in [0, 0.05) is 37.5 Å². The minimum atomic E-state index is -0.389. The van der Waals surface area contributed by atoms with Gasteiger partial charge in [-0.15, -0.1) is 0 Å². The number of likely N-dealkylation sites (N-methyl/N-ethyl adjacent to an activating group) is 1. The molecule has 0 bridgehead atoms. The van der Waals surface area contributed by atoms with Crippen molar-refractivity contribution in [2.24, 2.45) is 0 Å². The quantitative estimate of drug-likeness (QED) is 0.234. The Labute approximate surface area is 223 Å². The van der Waals surface area contributed by atoms with Crippen molar-refractivity contribution in [3.05, 3.63) is 83.7 Å². The maximum atomic E-state index is 12.3. The highest BCUT2D eigenvalue weighted by atomic mass is 16.5. The summed E-state index contributed by atoms with van der Waals surface area (Å²) in [5.41, 5.74) is 2.24. The minimum absolute atomic E-state index is 0.0463. The molecule has 2 aromatic carbocycles. The predicted molar refractivity (Wildman–Crippen MR) is 146 cm³/mol. The molecule has 200 valence electrons. The van der Waals surface area contributed by atoms with Gasteiger partial charge < -0.3 is 25.0 Å². The van der Waals surface area contributed by atoms with Crippen molar-refractivity contribution >= 4 is 23.5 Å². The van der Waals surface area contributed by atoms with Gasteiger partial charge in [0.05, 0.1) is 5.56 Å². The molecular formula is C29H34N4O5. The molecule has 0 atom stereocenters. The molecule has 0 radical (unpaired) electrons. The summed E-state index contributed by atoms with van der Waals surface area (Å²) in [7, 11) is 0. The van der Waals surface area contributed by atoms with Gasteiger partial charge in [-0.25, -0.2) is 9.59 Å². The molecule has 2 N–H and O–H groups in total. The number of Topliss-reactive ketones (excluding diaryl/α,β-unsaturated/α-hetero) is 1. The van der Waals surface area contributed by atoms with Crippen LogP contribution in [0.4, 0.5) is 10.5 Å². The van der Waals surface area contributed by atoms with Crippen LogP contribution in [0.3, 0.4) is 0 Å². The minimum Gasteiger partial charge on any atom is -0.461 e. The average Bonchev–Trinajstić information content (AvgIpc) is 2.95. The first-order chi connectivity index (χ1) is 18.4. The van der Waals surface area contributed by atoms with E-state index < -0.39 is 0 Å². The van der Waals surface area contributed by atoms with Crippen molar-refractivity contribution in [3.63, 3.8) is 0 Å². The van der Waals surface area contributed by atoms with E-state index in [9.17, 15) is 14.4 Å². The number of ketones is 1. The summed E-state index contributed by atoms with van der Waals surface area (Å²) >= 11 is 0. The molecule has 0 saturated carbocycles. The zero-order valence-electron chi connectivity index (χ0n) is 22.0. The molecule has 2 amide bonds. The summed E-state index contributed by atoms with van der Waals surface area (Å²) in [6, 6.07) is 16.8. The lowest BCUT2D eigenvalue weighted by molar-refractivity contribution is 0.0466. The van der Waals surface area contributed by atoms with Crippen LogP contribution in [-0.4, -0.2) is 53.9 Å². The second-order valence-electron chi connectivity index (χ2n) is 8.45. The second-order valence-corrected chi connectivity index (χ2v) is 8.45. The Bertz CT molecular complexity index is 1210. The van der Waals surface area contributed by atoms with Crippen LogP contribution in [0.25, 0.3) is 0 Å². The maximum absolute atomic E-state index is 12.3. The lowest BCUT2D eigenvalue weighted by Crippen LogP contribution is -2.28. The van der Waals surface area contributed by atoms with E-state index >= 15 is 0 Å². The fourth-order valence-electron chi connectivity index (χ4n) is 3.56. The van der Waals surface area contributed by atoms with E-state index in [0.29, 0.717) is 54.6 Å². The lowest BCUT2D eigenvalue weighted by atomic mass is 10.2. The Hall–Kier alpha value is -4.24. The molecule has 0 aliphatic heterocycles. The first kappa shape index (κ1) is 28.3. The normalized spacial score (nSPS) is 10.6. The number of hydrogen-bond acceptors (Lipinski definition) is 7. The molecule has 0 fully saturated rings. The first-order valence-corrected chi connectivity index (χ1v) is 12.7. The smallest absolute Gasteiger partial charge is 0.338 e. The summed E-state index contributed by atoms with van der Waals surface area (Å²) in [5.74, 6) is 0.696. The molecule has 0 unspecified atom stereocenters. The zero-order chi connectivity index (χ0) is 27.3. The number of ether oxygens (including phenoxy) is 2. The number of benzene rings is 2. The van der Waals surface area contributed by atoms with Gasteiger partial charge >= 0.3 is 12.0 Å². The van der Waals surface area contributed by atoms with Gasteiger partial charge in [-0.05, 0) is 61.1 Å². The summed E-state index contributed by atoms with van der Waals surface area (Å²) in [6.45, 7) is 9.08. The van der Waals surface area contributed by atoms with Crippen LogP contribution in [0.2, 0.25) is 0 Å². The van der Waals surface area contributed by atoms with Crippen LogP contribution < -0.4 is 15.4 Å². The van der Waals surface area contributed by atoms with Crippen LogP contribution >= 0.6 is 0 Å². The molecule has 9 heteroatoms. The molecule has 3 aromatic rings. The van der Waals surface area contributed by atoms with E-state index in [1.807, 2.05) is 12.1 Å². The summed E-state index contributed by atoms with van der Waals surface area (Å²) in [5, 5.41) is 5.54. The Balaban J connectivity index is 1.43. The number of carbonyl (C=O) groups is 3. The van der Waals surface area contributed by atoms with E-state index in [-0.39, 0.29) is 17.8 Å².